The van der Waals surface area contributed by atoms with Crippen molar-refractivity contribution in [3.63, 3.8) is 0 Å². The number of methoxy groups -OCH3 is 1. The summed E-state index contributed by atoms with van der Waals surface area (Å²) in [6.07, 6.45) is 5.83. The number of thiophene rings is 1. The van der Waals surface area contributed by atoms with Crippen LogP contribution in [-0.2, 0) is 21.3 Å². The van der Waals surface area contributed by atoms with Crippen molar-refractivity contribution in [2.24, 2.45) is 7.05 Å². The van der Waals surface area contributed by atoms with Crippen LogP contribution in [0.2, 0.25) is 0 Å². The first kappa shape index (κ1) is 31.0. The molecule has 0 fully saturated rings. The molecule has 0 saturated carbocycles. The molecule has 0 radical (unpaired) electrons. The van der Waals surface area contributed by atoms with Gasteiger partial charge in [-0.05, 0) is 60.7 Å². The molecule has 1 amide bonds. The lowest BCUT2D eigenvalue weighted by Gasteiger charge is -2.13. The molecule has 6 aromatic rings. The minimum atomic E-state index is -3.82. The van der Waals surface area contributed by atoms with Crippen LogP contribution in [0.5, 0.6) is 5.75 Å². The smallest absolute Gasteiger partial charge is 0.296 e. The largest absolute Gasteiger partial charge is 0.495 e. The van der Waals surface area contributed by atoms with Gasteiger partial charge in [0.15, 0.2) is 0 Å². The summed E-state index contributed by atoms with van der Waals surface area (Å²) in [5.74, 6) is 0.656. The van der Waals surface area contributed by atoms with Crippen molar-refractivity contribution in [1.82, 2.24) is 9.55 Å². The minimum absolute atomic E-state index is 0.0110. The van der Waals surface area contributed by atoms with Crippen molar-refractivity contribution in [3.8, 4) is 16.9 Å². The molecule has 0 unspecified atom stereocenters. The monoisotopic (exact) mass is 652 g/mol. The Morgan fingerprint density at radius 3 is 2.63 bits per heavy atom. The van der Waals surface area contributed by atoms with Gasteiger partial charge in [-0.1, -0.05) is 54.1 Å². The number of benzene rings is 3. The highest BCUT2D eigenvalue weighted by atomic mass is 32.2. The molecule has 0 aliphatic heterocycles. The highest BCUT2D eigenvalue weighted by Gasteiger charge is 2.18. The molecule has 11 heteroatoms. The van der Waals surface area contributed by atoms with E-state index in [-0.39, 0.29) is 17.4 Å². The Kier molecular flexibility index (Phi) is 8.63. The van der Waals surface area contributed by atoms with Gasteiger partial charge in [0.2, 0.25) is 0 Å². The highest BCUT2D eigenvalue weighted by molar-refractivity contribution is 7.86. The molecule has 3 aromatic heterocycles. The molecule has 0 aliphatic carbocycles. The zero-order valence-electron chi connectivity index (χ0n) is 25.5. The van der Waals surface area contributed by atoms with Crippen LogP contribution in [0.4, 0.5) is 11.5 Å². The lowest BCUT2D eigenvalue weighted by atomic mass is 10.0. The SMILES string of the molecule is COc1cc(-c2csc3c(C=CCCOS(=O)(=O)c4ccc(C)cc4)cnc(N)c23)ccc1NC(=O)c1cc2ccccc2n1C. The van der Waals surface area contributed by atoms with E-state index in [1.807, 2.05) is 84.6 Å². The second-order valence-electron chi connectivity index (χ2n) is 10.7. The summed E-state index contributed by atoms with van der Waals surface area (Å²) in [5, 5.41) is 6.79. The zero-order chi connectivity index (χ0) is 32.4. The first-order chi connectivity index (χ1) is 22.2. The summed E-state index contributed by atoms with van der Waals surface area (Å²) in [5.41, 5.74) is 12.0. The van der Waals surface area contributed by atoms with Crippen molar-refractivity contribution in [2.45, 2.75) is 18.2 Å². The number of hydrogen-bond donors (Lipinski definition) is 2. The van der Waals surface area contributed by atoms with Crippen LogP contribution in [0.25, 0.3) is 38.2 Å². The molecule has 0 atom stereocenters. The second kappa shape index (κ2) is 12.8. The number of pyridine rings is 1. The number of carbonyl (C=O) groups excluding carboxylic acids is 1. The van der Waals surface area contributed by atoms with Crippen molar-refractivity contribution in [2.75, 3.05) is 24.8 Å². The molecule has 0 saturated heterocycles. The van der Waals surface area contributed by atoms with Gasteiger partial charge in [-0.2, -0.15) is 8.42 Å². The molecular formula is C35H32N4O5S2. The number of nitrogens with one attached hydrogen (secondary N) is 1. The topological polar surface area (TPSA) is 126 Å². The number of anilines is 2. The average Bonchev–Trinajstić information content (AvgIpc) is 3.65. The number of fused-ring (bicyclic) bond motifs is 2. The van der Waals surface area contributed by atoms with Gasteiger partial charge < -0.3 is 20.4 Å². The lowest BCUT2D eigenvalue weighted by Crippen LogP contribution is -2.16. The number of aryl methyl sites for hydroxylation is 2. The van der Waals surface area contributed by atoms with Gasteiger partial charge in [0.05, 0.1) is 24.3 Å². The number of aromatic nitrogens is 2. The van der Waals surface area contributed by atoms with E-state index in [1.165, 1.54) is 23.5 Å². The van der Waals surface area contributed by atoms with Gasteiger partial charge in [0.1, 0.15) is 17.3 Å². The number of nitrogen functional groups attached to an aromatic ring is 1. The van der Waals surface area contributed by atoms with E-state index in [9.17, 15) is 13.2 Å². The van der Waals surface area contributed by atoms with Crippen LogP contribution in [-0.4, -0.2) is 37.6 Å². The third kappa shape index (κ3) is 6.12. The molecule has 0 spiro atoms. The molecule has 46 heavy (non-hydrogen) atoms. The molecule has 3 heterocycles. The van der Waals surface area contributed by atoms with Gasteiger partial charge in [-0.3, -0.25) is 8.98 Å². The summed E-state index contributed by atoms with van der Waals surface area (Å²) < 4.78 is 38.6. The fourth-order valence-electron chi connectivity index (χ4n) is 5.28. The molecule has 3 aromatic carbocycles. The number of nitrogens with two attached hydrogens (primary N) is 1. The fourth-order valence-corrected chi connectivity index (χ4v) is 7.28. The number of para-hydroxylation sites is 1. The Balaban J connectivity index is 1.19. The first-order valence-electron chi connectivity index (χ1n) is 14.5. The van der Waals surface area contributed by atoms with Gasteiger partial charge in [-0.15, -0.1) is 11.3 Å². The van der Waals surface area contributed by atoms with E-state index in [2.05, 4.69) is 10.3 Å². The van der Waals surface area contributed by atoms with Gasteiger partial charge in [-0.25, -0.2) is 4.98 Å². The Morgan fingerprint density at radius 1 is 1.09 bits per heavy atom. The van der Waals surface area contributed by atoms with Crippen molar-refractivity contribution >= 4 is 65.9 Å². The maximum Gasteiger partial charge on any atom is 0.296 e. The third-order valence-electron chi connectivity index (χ3n) is 7.73. The molecule has 6 rings (SSSR count). The van der Waals surface area contributed by atoms with Gasteiger partial charge in [0, 0.05) is 45.4 Å². The van der Waals surface area contributed by atoms with Crippen molar-refractivity contribution < 1.29 is 22.1 Å². The number of hydrogen-bond acceptors (Lipinski definition) is 8. The summed E-state index contributed by atoms with van der Waals surface area (Å²) in [7, 11) is -0.394. The molecule has 3 N–H and O–H groups in total. The first-order valence-corrected chi connectivity index (χ1v) is 16.8. The third-order valence-corrected chi connectivity index (χ3v) is 10.1. The predicted octanol–water partition coefficient (Wildman–Crippen LogP) is 7.42. The summed E-state index contributed by atoms with van der Waals surface area (Å²) in [6, 6.07) is 21.9. The fraction of sp³-hybridized carbons (Fsp3) is 0.143. The Bertz CT molecular complexity index is 2220. The Morgan fingerprint density at radius 2 is 1.87 bits per heavy atom. The molecule has 234 valence electrons. The zero-order valence-corrected chi connectivity index (χ0v) is 27.1. The van der Waals surface area contributed by atoms with E-state index in [1.54, 1.807) is 25.4 Å². The maximum absolute atomic E-state index is 13.2. The standard InChI is InChI=1S/C35H32N4O5S2/c1-22-11-14-26(15-12-22)46(41,42)44-17-7-6-9-25-20-37-34(36)32-27(21-45-33(25)32)23-13-16-28(31(19-23)43-3)38-35(40)30-18-24-8-4-5-10-29(24)39(30)2/h4-6,8-16,18-21H,7,17H2,1-3H3,(H2,36,37)(H,38,40). The number of carbonyl (C=O) groups is 1. The van der Waals surface area contributed by atoms with Crippen LogP contribution >= 0.6 is 11.3 Å². The molecular weight excluding hydrogens is 621 g/mol. The van der Waals surface area contributed by atoms with Gasteiger partial charge >= 0.3 is 0 Å². The van der Waals surface area contributed by atoms with Crippen LogP contribution < -0.4 is 15.8 Å². The van der Waals surface area contributed by atoms with Crippen LogP contribution in [0, 0.1) is 6.92 Å². The van der Waals surface area contributed by atoms with Crippen molar-refractivity contribution in [3.05, 3.63) is 107 Å². The Labute approximate surface area is 271 Å². The van der Waals surface area contributed by atoms with E-state index < -0.39 is 10.1 Å². The van der Waals surface area contributed by atoms with Crippen LogP contribution in [0.15, 0.2) is 95.3 Å². The summed E-state index contributed by atoms with van der Waals surface area (Å²) in [6.45, 7) is 1.90. The van der Waals surface area contributed by atoms with E-state index in [0.29, 0.717) is 29.4 Å². The normalized spacial score (nSPS) is 11.9. The Hall–Kier alpha value is -4.97. The highest BCUT2D eigenvalue weighted by Crippen LogP contribution is 2.41. The van der Waals surface area contributed by atoms with Crippen LogP contribution in [0.3, 0.4) is 0 Å². The molecule has 9 nitrogen and oxygen atoms in total. The summed E-state index contributed by atoms with van der Waals surface area (Å²) in [4.78, 5) is 17.8. The van der Waals surface area contributed by atoms with Gasteiger partial charge in [0.25, 0.3) is 16.0 Å². The maximum atomic E-state index is 13.2. The average molecular weight is 653 g/mol. The predicted molar refractivity (Wildman–Crippen MR) is 185 cm³/mol. The molecule has 0 bridgehead atoms. The number of rotatable bonds is 10. The molecule has 0 aliphatic rings. The van der Waals surface area contributed by atoms with E-state index >= 15 is 0 Å². The van der Waals surface area contributed by atoms with Crippen molar-refractivity contribution in [1.29, 1.82) is 0 Å². The van der Waals surface area contributed by atoms with Crippen LogP contribution in [0.1, 0.15) is 28.0 Å². The summed E-state index contributed by atoms with van der Waals surface area (Å²) >= 11 is 1.53. The second-order valence-corrected chi connectivity index (χ2v) is 13.2. The number of nitrogens with zero attached hydrogens (tertiary/aromatic N) is 2. The van der Waals surface area contributed by atoms with E-state index in [0.717, 1.165) is 43.2 Å². The lowest BCUT2D eigenvalue weighted by molar-refractivity contribution is 0.101. The number of ether oxygens (including phenoxy) is 1. The minimum Gasteiger partial charge on any atom is -0.495 e. The van der Waals surface area contributed by atoms with E-state index in [4.69, 9.17) is 14.7 Å². The quantitative estimate of drug-likeness (QED) is 0.117. The number of amides is 1.